The Morgan fingerprint density at radius 1 is 1.25 bits per heavy atom. The van der Waals surface area contributed by atoms with Crippen LogP contribution in [0.5, 0.6) is 11.5 Å². The fourth-order valence-electron chi connectivity index (χ4n) is 2.00. The van der Waals surface area contributed by atoms with E-state index in [1.807, 2.05) is 18.7 Å². The van der Waals surface area contributed by atoms with Crippen molar-refractivity contribution in [3.05, 3.63) is 18.2 Å². The molecule has 9 heteroatoms. The number of carbonyl (C=O) groups excluding carboxylic acids is 2. The standard InChI is InChI=1S/C15H19N3O4S2/c1-3-18(4-2)15(23)24-8-13(19)17-14(20)16-10-5-6-11-12(7-10)22-9-21-11/h5-7H,3-4,8-9H2,1-2H3,(H2,16,17,19,20). The molecule has 24 heavy (non-hydrogen) atoms. The minimum atomic E-state index is -0.603. The van der Waals surface area contributed by atoms with Gasteiger partial charge in [-0.3, -0.25) is 10.1 Å². The highest BCUT2D eigenvalue weighted by molar-refractivity contribution is 8.23. The number of nitrogens with one attached hydrogen (secondary N) is 2. The number of ether oxygens (including phenoxy) is 2. The number of fused-ring (bicyclic) bond motifs is 1. The fraction of sp³-hybridized carbons (Fsp3) is 0.400. The molecule has 2 rings (SSSR count). The molecule has 0 unspecified atom stereocenters. The molecule has 0 saturated heterocycles. The van der Waals surface area contributed by atoms with Gasteiger partial charge in [0.05, 0.1) is 5.75 Å². The molecule has 0 aromatic heterocycles. The van der Waals surface area contributed by atoms with E-state index in [2.05, 4.69) is 10.6 Å². The number of nitrogens with zero attached hydrogens (tertiary/aromatic N) is 1. The molecule has 3 amide bonds. The van der Waals surface area contributed by atoms with Gasteiger partial charge in [0, 0.05) is 24.8 Å². The number of hydrogen-bond donors (Lipinski definition) is 2. The molecule has 0 fully saturated rings. The number of carbonyl (C=O) groups is 2. The third-order valence-corrected chi connectivity index (χ3v) is 4.76. The predicted octanol–water partition coefficient (Wildman–Crippen LogP) is 2.42. The van der Waals surface area contributed by atoms with Gasteiger partial charge in [-0.1, -0.05) is 24.0 Å². The summed E-state index contributed by atoms with van der Waals surface area (Å²) in [4.78, 5) is 25.6. The van der Waals surface area contributed by atoms with Gasteiger partial charge in [-0.15, -0.1) is 0 Å². The van der Waals surface area contributed by atoms with Gasteiger partial charge in [-0.05, 0) is 26.0 Å². The molecule has 1 heterocycles. The van der Waals surface area contributed by atoms with E-state index in [4.69, 9.17) is 21.7 Å². The maximum Gasteiger partial charge on any atom is 0.325 e. The van der Waals surface area contributed by atoms with E-state index >= 15 is 0 Å². The molecule has 1 aliphatic heterocycles. The van der Waals surface area contributed by atoms with Crippen LogP contribution in [0.4, 0.5) is 10.5 Å². The topological polar surface area (TPSA) is 79.9 Å². The number of thiocarbonyl (C=S) groups is 1. The lowest BCUT2D eigenvalue weighted by Gasteiger charge is -2.20. The van der Waals surface area contributed by atoms with E-state index in [1.54, 1.807) is 18.2 Å². The molecule has 1 aromatic rings. The van der Waals surface area contributed by atoms with E-state index in [9.17, 15) is 9.59 Å². The summed E-state index contributed by atoms with van der Waals surface area (Å²) < 4.78 is 11.1. The summed E-state index contributed by atoms with van der Waals surface area (Å²) in [5, 5.41) is 4.84. The molecule has 130 valence electrons. The second kappa shape index (κ2) is 8.74. The van der Waals surface area contributed by atoms with Gasteiger partial charge in [0.1, 0.15) is 4.32 Å². The van der Waals surface area contributed by atoms with Crippen LogP contribution in [0, 0.1) is 0 Å². The monoisotopic (exact) mass is 369 g/mol. The van der Waals surface area contributed by atoms with E-state index in [0.717, 1.165) is 13.1 Å². The number of imide groups is 1. The number of urea groups is 1. The zero-order chi connectivity index (χ0) is 17.5. The number of rotatable bonds is 5. The molecule has 0 bridgehead atoms. The first-order chi connectivity index (χ1) is 11.5. The van der Waals surface area contributed by atoms with Crippen LogP contribution in [-0.2, 0) is 4.79 Å². The number of anilines is 1. The second-order valence-electron chi connectivity index (χ2n) is 4.80. The van der Waals surface area contributed by atoms with Crippen molar-refractivity contribution in [2.75, 3.05) is 31.0 Å². The predicted molar refractivity (Wildman–Crippen MR) is 97.7 cm³/mol. The average Bonchev–Trinajstić information content (AvgIpc) is 3.01. The van der Waals surface area contributed by atoms with Gasteiger partial charge in [-0.2, -0.15) is 0 Å². The largest absolute Gasteiger partial charge is 0.454 e. The lowest BCUT2D eigenvalue weighted by molar-refractivity contribution is -0.117. The highest BCUT2D eigenvalue weighted by atomic mass is 32.2. The van der Waals surface area contributed by atoms with Crippen molar-refractivity contribution in [2.45, 2.75) is 13.8 Å². The Hall–Kier alpha value is -2.00. The van der Waals surface area contributed by atoms with Gasteiger partial charge in [0.2, 0.25) is 12.7 Å². The average molecular weight is 369 g/mol. The van der Waals surface area contributed by atoms with Gasteiger partial charge in [-0.25, -0.2) is 4.79 Å². The molecule has 7 nitrogen and oxygen atoms in total. The minimum absolute atomic E-state index is 0.0872. The summed E-state index contributed by atoms with van der Waals surface area (Å²) in [6.45, 7) is 5.72. The van der Waals surface area contributed by atoms with Crippen LogP contribution >= 0.6 is 24.0 Å². The van der Waals surface area contributed by atoms with Gasteiger partial charge in [0.25, 0.3) is 0 Å². The highest BCUT2D eigenvalue weighted by Gasteiger charge is 2.15. The normalized spacial score (nSPS) is 11.8. The van der Waals surface area contributed by atoms with Gasteiger partial charge >= 0.3 is 6.03 Å². The molecule has 2 N–H and O–H groups in total. The summed E-state index contributed by atoms with van der Waals surface area (Å²) >= 11 is 6.47. The van der Waals surface area contributed by atoms with Crippen LogP contribution in [0.1, 0.15) is 13.8 Å². The third-order valence-electron chi connectivity index (χ3n) is 3.23. The molecule has 0 spiro atoms. The highest BCUT2D eigenvalue weighted by Crippen LogP contribution is 2.34. The minimum Gasteiger partial charge on any atom is -0.454 e. The lowest BCUT2D eigenvalue weighted by Crippen LogP contribution is -2.36. The first-order valence-corrected chi connectivity index (χ1v) is 8.85. The van der Waals surface area contributed by atoms with Crippen LogP contribution in [-0.4, -0.2) is 46.8 Å². The molecule has 0 atom stereocenters. The van der Waals surface area contributed by atoms with Crippen molar-refractivity contribution < 1.29 is 19.1 Å². The molecule has 1 aliphatic rings. The van der Waals surface area contributed by atoms with Crippen LogP contribution in [0.2, 0.25) is 0 Å². The summed E-state index contributed by atoms with van der Waals surface area (Å²) in [6.07, 6.45) is 0. The summed E-state index contributed by atoms with van der Waals surface area (Å²) in [6, 6.07) is 4.39. The van der Waals surface area contributed by atoms with Crippen LogP contribution in [0.3, 0.4) is 0 Å². The van der Waals surface area contributed by atoms with Crippen molar-refractivity contribution in [3.63, 3.8) is 0 Å². The zero-order valence-electron chi connectivity index (χ0n) is 13.5. The quantitative estimate of drug-likeness (QED) is 0.772. The van der Waals surface area contributed by atoms with Gasteiger partial charge < -0.3 is 19.7 Å². The Kier molecular flexibility index (Phi) is 6.68. The number of amides is 3. The van der Waals surface area contributed by atoms with E-state index < -0.39 is 11.9 Å². The van der Waals surface area contributed by atoms with Crippen LogP contribution in [0.15, 0.2) is 18.2 Å². The van der Waals surface area contributed by atoms with Crippen molar-refractivity contribution in [3.8, 4) is 11.5 Å². The van der Waals surface area contributed by atoms with Crippen LogP contribution in [0.25, 0.3) is 0 Å². The van der Waals surface area contributed by atoms with E-state index in [1.165, 1.54) is 11.8 Å². The van der Waals surface area contributed by atoms with Gasteiger partial charge in [0.15, 0.2) is 11.5 Å². The fourth-order valence-corrected chi connectivity index (χ4v) is 3.20. The Morgan fingerprint density at radius 3 is 2.67 bits per heavy atom. The number of benzene rings is 1. The molecular formula is C15H19N3O4S2. The summed E-state index contributed by atoms with van der Waals surface area (Å²) in [5.41, 5.74) is 0.510. The Labute approximate surface area is 150 Å². The SMILES string of the molecule is CCN(CC)C(=S)SCC(=O)NC(=O)Nc1ccc2c(c1)OCO2. The van der Waals surface area contributed by atoms with Crippen molar-refractivity contribution in [2.24, 2.45) is 0 Å². The Bertz CT molecular complexity index is 635. The second-order valence-corrected chi connectivity index (χ2v) is 6.41. The van der Waals surface area contributed by atoms with E-state index in [-0.39, 0.29) is 12.5 Å². The Balaban J connectivity index is 1.77. The van der Waals surface area contributed by atoms with Crippen molar-refractivity contribution >= 4 is 45.9 Å². The van der Waals surface area contributed by atoms with Crippen molar-refractivity contribution in [1.29, 1.82) is 0 Å². The molecular weight excluding hydrogens is 350 g/mol. The third kappa shape index (κ3) is 5.00. The summed E-state index contributed by atoms with van der Waals surface area (Å²) in [5.74, 6) is 0.856. The zero-order valence-corrected chi connectivity index (χ0v) is 15.1. The Morgan fingerprint density at radius 2 is 1.96 bits per heavy atom. The van der Waals surface area contributed by atoms with Crippen LogP contribution < -0.4 is 20.1 Å². The smallest absolute Gasteiger partial charge is 0.325 e. The van der Waals surface area contributed by atoms with Crippen molar-refractivity contribution in [1.82, 2.24) is 10.2 Å². The molecule has 1 aromatic carbocycles. The molecule has 0 saturated carbocycles. The molecule has 0 radical (unpaired) electrons. The maximum atomic E-state index is 11.8. The molecule has 0 aliphatic carbocycles. The van der Waals surface area contributed by atoms with E-state index in [0.29, 0.717) is 21.5 Å². The number of hydrogen-bond acceptors (Lipinski definition) is 6. The maximum absolute atomic E-state index is 11.8. The lowest BCUT2D eigenvalue weighted by atomic mass is 10.3. The summed E-state index contributed by atoms with van der Waals surface area (Å²) in [7, 11) is 0. The first-order valence-electron chi connectivity index (χ1n) is 7.45. The first kappa shape index (κ1) is 18.3. The number of thioether (sulfide) groups is 1.